The van der Waals surface area contributed by atoms with Crippen LogP contribution in [0.15, 0.2) is 18.2 Å². The Kier molecular flexibility index (Phi) is 5.54. The molecule has 1 rings (SSSR count). The lowest BCUT2D eigenvalue weighted by Gasteiger charge is -2.14. The fourth-order valence-corrected chi connectivity index (χ4v) is 1.34. The minimum atomic E-state index is -0.517. The smallest absolute Gasteiger partial charge is 0.251 e. The van der Waals surface area contributed by atoms with Gasteiger partial charge < -0.3 is 19.5 Å². The van der Waals surface area contributed by atoms with Gasteiger partial charge in [0.2, 0.25) is 0 Å². The molecule has 0 saturated heterocycles. The van der Waals surface area contributed by atoms with Crippen LogP contribution in [0.2, 0.25) is 0 Å². The Balaban J connectivity index is 2.67. The van der Waals surface area contributed by atoms with Gasteiger partial charge in [0.05, 0.1) is 13.7 Å². The maximum absolute atomic E-state index is 13.2. The summed E-state index contributed by atoms with van der Waals surface area (Å²) in [7, 11) is 4.29. The van der Waals surface area contributed by atoms with Crippen LogP contribution < -0.4 is 10.1 Å². The Bertz CT molecular complexity index is 407. The molecule has 0 heterocycles. The molecule has 0 unspecified atom stereocenters. The van der Waals surface area contributed by atoms with E-state index in [0.717, 1.165) is 0 Å². The summed E-state index contributed by atoms with van der Waals surface area (Å²) in [6, 6.07) is 3.89. The van der Waals surface area contributed by atoms with E-state index in [9.17, 15) is 9.18 Å². The van der Waals surface area contributed by atoms with Crippen LogP contribution in [0.5, 0.6) is 5.75 Å². The summed E-state index contributed by atoms with van der Waals surface area (Å²) in [5, 5.41) is 2.60. The van der Waals surface area contributed by atoms with Crippen molar-refractivity contribution in [3.8, 4) is 5.75 Å². The maximum atomic E-state index is 13.2. The van der Waals surface area contributed by atoms with Crippen LogP contribution in [-0.2, 0) is 9.47 Å². The Morgan fingerprint density at radius 3 is 2.56 bits per heavy atom. The number of hydrogen-bond acceptors (Lipinski definition) is 4. The summed E-state index contributed by atoms with van der Waals surface area (Å²) in [5.41, 5.74) is 0.305. The molecule has 6 heteroatoms. The number of nitrogens with one attached hydrogen (secondary N) is 1. The molecule has 0 spiro atoms. The summed E-state index contributed by atoms with van der Waals surface area (Å²) in [6.07, 6.45) is -0.517. The molecular weight excluding hydrogens is 241 g/mol. The second-order valence-electron chi connectivity index (χ2n) is 3.46. The Labute approximate surface area is 105 Å². The van der Waals surface area contributed by atoms with Crippen LogP contribution >= 0.6 is 0 Å². The molecule has 1 aromatic carbocycles. The van der Waals surface area contributed by atoms with Gasteiger partial charge in [0.25, 0.3) is 5.91 Å². The molecule has 0 aliphatic rings. The van der Waals surface area contributed by atoms with Crippen LogP contribution in [0, 0.1) is 5.82 Å². The van der Waals surface area contributed by atoms with E-state index in [2.05, 4.69) is 5.32 Å². The quantitative estimate of drug-likeness (QED) is 0.778. The van der Waals surface area contributed by atoms with E-state index in [1.165, 1.54) is 39.5 Å². The van der Waals surface area contributed by atoms with E-state index in [1.807, 2.05) is 0 Å². The van der Waals surface area contributed by atoms with Gasteiger partial charge in [-0.3, -0.25) is 4.79 Å². The fraction of sp³-hybridized carbons (Fsp3) is 0.417. The fourth-order valence-electron chi connectivity index (χ4n) is 1.34. The van der Waals surface area contributed by atoms with Crippen LogP contribution in [0.3, 0.4) is 0 Å². The van der Waals surface area contributed by atoms with E-state index in [1.54, 1.807) is 0 Å². The lowest BCUT2D eigenvalue weighted by Crippen LogP contribution is -2.34. The normalized spacial score (nSPS) is 10.5. The molecule has 0 aliphatic heterocycles. The predicted octanol–water partition coefficient (Wildman–Crippen LogP) is 1.18. The number of benzene rings is 1. The first kappa shape index (κ1) is 14.4. The van der Waals surface area contributed by atoms with Crippen molar-refractivity contribution in [2.75, 3.05) is 27.9 Å². The summed E-state index contributed by atoms with van der Waals surface area (Å²) in [6.45, 7) is 0.200. The molecule has 0 atom stereocenters. The van der Waals surface area contributed by atoms with Gasteiger partial charge in [-0.15, -0.1) is 0 Å². The van der Waals surface area contributed by atoms with Crippen molar-refractivity contribution in [2.45, 2.75) is 6.29 Å². The van der Waals surface area contributed by atoms with Gasteiger partial charge in [0.1, 0.15) is 0 Å². The average Bonchev–Trinajstić information content (AvgIpc) is 2.40. The van der Waals surface area contributed by atoms with Crippen LogP contribution in [0.25, 0.3) is 0 Å². The Hall–Kier alpha value is -1.66. The van der Waals surface area contributed by atoms with Gasteiger partial charge >= 0.3 is 0 Å². The van der Waals surface area contributed by atoms with Crippen molar-refractivity contribution < 1.29 is 23.4 Å². The highest BCUT2D eigenvalue weighted by atomic mass is 19.1. The van der Waals surface area contributed by atoms with E-state index < -0.39 is 12.1 Å². The number of amides is 1. The van der Waals surface area contributed by atoms with E-state index in [4.69, 9.17) is 14.2 Å². The van der Waals surface area contributed by atoms with Crippen molar-refractivity contribution in [3.63, 3.8) is 0 Å². The summed E-state index contributed by atoms with van der Waals surface area (Å²) >= 11 is 0. The average molecular weight is 257 g/mol. The third kappa shape index (κ3) is 3.68. The molecule has 0 aromatic heterocycles. The molecule has 5 nitrogen and oxygen atoms in total. The van der Waals surface area contributed by atoms with Crippen molar-refractivity contribution in [1.82, 2.24) is 5.32 Å². The SMILES string of the molecule is COc1cc(C(=O)NCC(OC)OC)ccc1F. The number of halogens is 1. The monoisotopic (exact) mass is 257 g/mol. The molecule has 0 bridgehead atoms. The molecule has 1 amide bonds. The minimum absolute atomic E-state index is 0.0256. The number of ether oxygens (including phenoxy) is 3. The number of carbonyl (C=O) groups is 1. The van der Waals surface area contributed by atoms with Crippen molar-refractivity contribution in [2.24, 2.45) is 0 Å². The molecular formula is C12H16FNO4. The first-order chi connectivity index (χ1) is 8.62. The van der Waals surface area contributed by atoms with Gasteiger partial charge in [-0.2, -0.15) is 0 Å². The van der Waals surface area contributed by atoms with Gasteiger partial charge in [-0.1, -0.05) is 0 Å². The van der Waals surface area contributed by atoms with E-state index in [0.29, 0.717) is 5.56 Å². The molecule has 1 aromatic rings. The molecule has 0 fully saturated rings. The molecule has 18 heavy (non-hydrogen) atoms. The number of rotatable bonds is 6. The van der Waals surface area contributed by atoms with Crippen LogP contribution in [0.4, 0.5) is 4.39 Å². The van der Waals surface area contributed by atoms with Crippen LogP contribution in [-0.4, -0.2) is 40.1 Å². The Morgan fingerprint density at radius 2 is 2.00 bits per heavy atom. The van der Waals surface area contributed by atoms with Gasteiger partial charge in [0.15, 0.2) is 17.9 Å². The lowest BCUT2D eigenvalue weighted by atomic mass is 10.2. The second kappa shape index (κ2) is 6.93. The van der Waals surface area contributed by atoms with Gasteiger partial charge in [0, 0.05) is 19.8 Å². The standard InChI is InChI=1S/C12H16FNO4/c1-16-10-6-8(4-5-9(10)13)12(15)14-7-11(17-2)18-3/h4-6,11H,7H2,1-3H3,(H,14,15). The van der Waals surface area contributed by atoms with Crippen molar-refractivity contribution in [3.05, 3.63) is 29.6 Å². The lowest BCUT2D eigenvalue weighted by molar-refractivity contribution is -0.0974. The topological polar surface area (TPSA) is 56.8 Å². The van der Waals surface area contributed by atoms with Crippen molar-refractivity contribution >= 4 is 5.91 Å². The highest BCUT2D eigenvalue weighted by Crippen LogP contribution is 2.18. The van der Waals surface area contributed by atoms with Gasteiger partial charge in [-0.25, -0.2) is 4.39 Å². The highest BCUT2D eigenvalue weighted by Gasteiger charge is 2.12. The van der Waals surface area contributed by atoms with Gasteiger partial charge in [-0.05, 0) is 18.2 Å². The highest BCUT2D eigenvalue weighted by molar-refractivity contribution is 5.94. The third-order valence-electron chi connectivity index (χ3n) is 2.37. The first-order valence-corrected chi connectivity index (χ1v) is 5.29. The zero-order valence-electron chi connectivity index (χ0n) is 10.5. The van der Waals surface area contributed by atoms with E-state index >= 15 is 0 Å². The molecule has 100 valence electrons. The maximum Gasteiger partial charge on any atom is 0.251 e. The van der Waals surface area contributed by atoms with E-state index in [-0.39, 0.29) is 18.2 Å². The zero-order valence-corrected chi connectivity index (χ0v) is 10.5. The largest absolute Gasteiger partial charge is 0.494 e. The molecule has 0 aliphatic carbocycles. The minimum Gasteiger partial charge on any atom is -0.494 e. The number of hydrogen-bond donors (Lipinski definition) is 1. The number of methoxy groups -OCH3 is 3. The van der Waals surface area contributed by atoms with Crippen molar-refractivity contribution in [1.29, 1.82) is 0 Å². The number of carbonyl (C=O) groups excluding carboxylic acids is 1. The Morgan fingerprint density at radius 1 is 1.33 bits per heavy atom. The zero-order chi connectivity index (χ0) is 13.5. The second-order valence-corrected chi connectivity index (χ2v) is 3.46. The predicted molar refractivity (Wildman–Crippen MR) is 63.1 cm³/mol. The molecule has 0 radical (unpaired) electrons. The van der Waals surface area contributed by atoms with Crippen LogP contribution in [0.1, 0.15) is 10.4 Å². The summed E-state index contributed by atoms with van der Waals surface area (Å²) < 4.78 is 27.8. The third-order valence-corrected chi connectivity index (χ3v) is 2.37. The molecule has 0 saturated carbocycles. The summed E-state index contributed by atoms with van der Waals surface area (Å²) in [5.74, 6) is -0.842. The molecule has 1 N–H and O–H groups in total. The summed E-state index contributed by atoms with van der Waals surface area (Å²) in [4.78, 5) is 11.8. The first-order valence-electron chi connectivity index (χ1n) is 5.29.